The first kappa shape index (κ1) is 20.7. The molecule has 7 heteroatoms. The molecule has 1 aromatic carbocycles. The number of aliphatic imine (C=N–C) groups is 1. The van der Waals surface area contributed by atoms with E-state index in [0.717, 1.165) is 75.9 Å². The fourth-order valence-corrected chi connectivity index (χ4v) is 3.46. The summed E-state index contributed by atoms with van der Waals surface area (Å²) in [4.78, 5) is 9.22. The minimum Gasteiger partial charge on any atom is -0.493 e. The summed E-state index contributed by atoms with van der Waals surface area (Å²) < 4.78 is 16.4. The number of hydrogen-bond donors (Lipinski definition) is 1. The van der Waals surface area contributed by atoms with E-state index in [1.807, 2.05) is 13.1 Å². The molecule has 0 amide bonds. The van der Waals surface area contributed by atoms with Gasteiger partial charge in [0.25, 0.3) is 0 Å². The fourth-order valence-electron chi connectivity index (χ4n) is 3.46. The van der Waals surface area contributed by atoms with E-state index in [1.54, 1.807) is 14.2 Å². The molecule has 1 heterocycles. The first-order chi connectivity index (χ1) is 13.7. The van der Waals surface area contributed by atoms with Crippen LogP contribution in [0.5, 0.6) is 11.5 Å². The van der Waals surface area contributed by atoms with Crippen LogP contribution in [0.1, 0.15) is 18.4 Å². The van der Waals surface area contributed by atoms with Crippen molar-refractivity contribution in [3.63, 3.8) is 0 Å². The van der Waals surface area contributed by atoms with Gasteiger partial charge < -0.3 is 24.4 Å². The zero-order valence-corrected chi connectivity index (χ0v) is 17.4. The summed E-state index contributed by atoms with van der Waals surface area (Å²) in [6.45, 7) is 7.33. The second-order valence-corrected chi connectivity index (χ2v) is 7.44. The Morgan fingerprint density at radius 2 is 1.86 bits per heavy atom. The highest BCUT2D eigenvalue weighted by Gasteiger charge is 2.22. The minimum atomic E-state index is 0.745. The predicted molar refractivity (Wildman–Crippen MR) is 111 cm³/mol. The van der Waals surface area contributed by atoms with E-state index < -0.39 is 0 Å². The molecule has 2 aliphatic rings. The number of nitrogens with one attached hydrogen (secondary N) is 1. The molecule has 0 radical (unpaired) electrons. The van der Waals surface area contributed by atoms with Gasteiger partial charge in [-0.25, -0.2) is 0 Å². The minimum absolute atomic E-state index is 0.745. The highest BCUT2D eigenvalue weighted by atomic mass is 16.5. The summed E-state index contributed by atoms with van der Waals surface area (Å²) in [5.41, 5.74) is 1.24. The van der Waals surface area contributed by atoms with Gasteiger partial charge in [0, 0.05) is 52.9 Å². The van der Waals surface area contributed by atoms with Crippen molar-refractivity contribution in [2.75, 3.05) is 67.2 Å². The molecule has 7 nitrogen and oxygen atoms in total. The van der Waals surface area contributed by atoms with E-state index in [-0.39, 0.29) is 0 Å². The van der Waals surface area contributed by atoms with E-state index in [4.69, 9.17) is 14.2 Å². The van der Waals surface area contributed by atoms with Gasteiger partial charge in [0.2, 0.25) is 0 Å². The van der Waals surface area contributed by atoms with Crippen LogP contribution in [-0.2, 0) is 11.3 Å². The quantitative estimate of drug-likeness (QED) is 0.394. The highest BCUT2D eigenvalue weighted by Crippen LogP contribution is 2.29. The molecule has 1 aliphatic carbocycles. The van der Waals surface area contributed by atoms with Crippen molar-refractivity contribution in [3.8, 4) is 11.5 Å². The molecule has 0 spiro atoms. The lowest BCUT2D eigenvalue weighted by molar-refractivity contribution is 0.127. The van der Waals surface area contributed by atoms with Crippen LogP contribution >= 0.6 is 0 Å². The monoisotopic (exact) mass is 390 g/mol. The number of piperazine rings is 1. The lowest BCUT2D eigenvalue weighted by Gasteiger charge is -2.36. The number of nitrogens with zero attached hydrogens (tertiary/aromatic N) is 3. The maximum absolute atomic E-state index is 5.70. The van der Waals surface area contributed by atoms with Gasteiger partial charge in [0.15, 0.2) is 17.5 Å². The average Bonchev–Trinajstić information content (AvgIpc) is 3.56. The summed E-state index contributed by atoms with van der Waals surface area (Å²) >= 11 is 0. The maximum Gasteiger partial charge on any atom is 0.193 e. The second kappa shape index (κ2) is 10.5. The third-order valence-electron chi connectivity index (χ3n) is 5.32. The molecule has 28 heavy (non-hydrogen) atoms. The largest absolute Gasteiger partial charge is 0.493 e. The summed E-state index contributed by atoms with van der Waals surface area (Å²) in [5.74, 6) is 3.35. The number of ether oxygens (including phenoxy) is 3. The summed E-state index contributed by atoms with van der Waals surface area (Å²) in [5, 5.41) is 3.43. The normalized spacial score (nSPS) is 18.2. The van der Waals surface area contributed by atoms with Crippen molar-refractivity contribution < 1.29 is 14.2 Å². The zero-order valence-electron chi connectivity index (χ0n) is 17.4. The van der Waals surface area contributed by atoms with Crippen molar-refractivity contribution in [2.45, 2.75) is 19.4 Å². The molecule has 1 aliphatic heterocycles. The zero-order chi connectivity index (χ0) is 19.8. The van der Waals surface area contributed by atoms with Gasteiger partial charge in [-0.15, -0.1) is 0 Å². The van der Waals surface area contributed by atoms with Crippen LogP contribution in [0.2, 0.25) is 0 Å². The highest BCUT2D eigenvalue weighted by molar-refractivity contribution is 5.80. The van der Waals surface area contributed by atoms with Crippen LogP contribution in [0, 0.1) is 5.92 Å². The van der Waals surface area contributed by atoms with E-state index in [1.165, 1.54) is 18.4 Å². The van der Waals surface area contributed by atoms with Gasteiger partial charge in [-0.1, -0.05) is 6.07 Å². The van der Waals surface area contributed by atoms with Gasteiger partial charge in [-0.05, 0) is 36.5 Å². The third kappa shape index (κ3) is 6.01. The van der Waals surface area contributed by atoms with Gasteiger partial charge in [-0.3, -0.25) is 9.89 Å². The van der Waals surface area contributed by atoms with Crippen molar-refractivity contribution in [2.24, 2.45) is 10.9 Å². The van der Waals surface area contributed by atoms with Crippen LogP contribution < -0.4 is 14.8 Å². The van der Waals surface area contributed by atoms with Gasteiger partial charge >= 0.3 is 0 Å². The predicted octanol–water partition coefficient (Wildman–Crippen LogP) is 1.82. The maximum atomic E-state index is 5.70. The molecule has 1 N–H and O–H groups in total. The molecule has 1 aromatic rings. The Kier molecular flexibility index (Phi) is 7.80. The van der Waals surface area contributed by atoms with Crippen molar-refractivity contribution in [1.29, 1.82) is 0 Å². The van der Waals surface area contributed by atoms with E-state index in [2.05, 4.69) is 32.2 Å². The molecule has 3 rings (SSSR count). The van der Waals surface area contributed by atoms with E-state index in [0.29, 0.717) is 0 Å². The van der Waals surface area contributed by atoms with Crippen LogP contribution in [0.15, 0.2) is 23.2 Å². The van der Waals surface area contributed by atoms with E-state index >= 15 is 0 Å². The molecule has 0 atom stereocenters. The third-order valence-corrected chi connectivity index (χ3v) is 5.32. The topological polar surface area (TPSA) is 58.6 Å². The fraction of sp³-hybridized carbons (Fsp3) is 0.667. The van der Waals surface area contributed by atoms with Gasteiger partial charge in [-0.2, -0.15) is 0 Å². The molecular formula is C21H34N4O3. The molecular weight excluding hydrogens is 356 g/mol. The van der Waals surface area contributed by atoms with Gasteiger partial charge in [0.05, 0.1) is 20.8 Å². The number of benzene rings is 1. The van der Waals surface area contributed by atoms with Crippen molar-refractivity contribution in [1.82, 2.24) is 15.1 Å². The summed E-state index contributed by atoms with van der Waals surface area (Å²) in [7, 11) is 5.19. The van der Waals surface area contributed by atoms with Gasteiger partial charge in [0.1, 0.15) is 0 Å². The summed E-state index contributed by atoms with van der Waals surface area (Å²) in [6, 6.07) is 6.14. The van der Waals surface area contributed by atoms with E-state index in [9.17, 15) is 0 Å². The Morgan fingerprint density at radius 3 is 2.50 bits per heavy atom. The molecule has 0 aromatic heterocycles. The Bertz CT molecular complexity index is 641. The molecule has 0 unspecified atom stereocenters. The van der Waals surface area contributed by atoms with Crippen LogP contribution in [0.3, 0.4) is 0 Å². The van der Waals surface area contributed by atoms with Crippen LogP contribution in [0.4, 0.5) is 0 Å². The Labute approximate surface area is 168 Å². The molecule has 156 valence electrons. The Morgan fingerprint density at radius 1 is 1.11 bits per heavy atom. The molecule has 1 saturated carbocycles. The lowest BCUT2D eigenvalue weighted by Crippen LogP contribution is -2.52. The van der Waals surface area contributed by atoms with Crippen LogP contribution in [0.25, 0.3) is 0 Å². The lowest BCUT2D eigenvalue weighted by atomic mass is 10.1. The SMILES string of the molecule is CN=C(NCCOCC1CC1)N1CCN(Cc2ccc(OC)c(OC)c2)CC1. The number of guanidine groups is 1. The number of rotatable bonds is 9. The average molecular weight is 391 g/mol. The van der Waals surface area contributed by atoms with Crippen molar-refractivity contribution in [3.05, 3.63) is 23.8 Å². The summed E-state index contributed by atoms with van der Waals surface area (Å²) in [6.07, 6.45) is 2.67. The standard InChI is InChI=1S/C21H34N4O3/c1-22-21(23-8-13-28-16-17-4-5-17)25-11-9-24(10-12-25)15-18-6-7-19(26-2)20(14-18)27-3/h6-7,14,17H,4-5,8-13,15-16H2,1-3H3,(H,22,23). The molecule has 0 bridgehead atoms. The number of methoxy groups -OCH3 is 2. The Balaban J connectivity index is 1.40. The molecule has 1 saturated heterocycles. The van der Waals surface area contributed by atoms with Crippen molar-refractivity contribution >= 4 is 5.96 Å². The second-order valence-electron chi connectivity index (χ2n) is 7.44. The van der Waals surface area contributed by atoms with Crippen LogP contribution in [-0.4, -0.2) is 83.0 Å². The first-order valence-corrected chi connectivity index (χ1v) is 10.2. The first-order valence-electron chi connectivity index (χ1n) is 10.2. The number of hydrogen-bond acceptors (Lipinski definition) is 5. The Hall–Kier alpha value is -1.99. The molecule has 2 fully saturated rings. The smallest absolute Gasteiger partial charge is 0.193 e.